The summed E-state index contributed by atoms with van der Waals surface area (Å²) in [5.41, 5.74) is 4.77. The minimum Gasteiger partial charge on any atom is -0.344 e. The van der Waals surface area contributed by atoms with Crippen molar-refractivity contribution >= 4 is 28.3 Å². The summed E-state index contributed by atoms with van der Waals surface area (Å²) in [6, 6.07) is 8.22. The smallest absolute Gasteiger partial charge is 0.229 e. The summed E-state index contributed by atoms with van der Waals surface area (Å²) in [7, 11) is 0. The third kappa shape index (κ3) is 4.40. The minimum absolute atomic E-state index is 0.173. The fourth-order valence-electron chi connectivity index (χ4n) is 4.77. The van der Waals surface area contributed by atoms with Gasteiger partial charge in [0, 0.05) is 70.9 Å². The second-order valence-corrected chi connectivity index (χ2v) is 10.0. The summed E-state index contributed by atoms with van der Waals surface area (Å²) >= 11 is 0. The molecule has 36 heavy (non-hydrogen) atoms. The van der Waals surface area contributed by atoms with Crippen LogP contribution in [0.1, 0.15) is 60.8 Å². The van der Waals surface area contributed by atoms with Crippen molar-refractivity contribution < 1.29 is 9.63 Å². The number of rotatable bonds is 8. The summed E-state index contributed by atoms with van der Waals surface area (Å²) in [5, 5.41) is 10.9. The van der Waals surface area contributed by atoms with Crippen LogP contribution in [0.15, 0.2) is 42.9 Å². The number of hydrogen-bond donors (Lipinski definition) is 1. The maximum atomic E-state index is 13.0. The Hall–Kier alpha value is -3.56. The molecule has 9 heteroatoms. The van der Waals surface area contributed by atoms with Gasteiger partial charge in [-0.25, -0.2) is 9.67 Å². The molecule has 9 nitrogen and oxygen atoms in total. The maximum Gasteiger partial charge on any atom is 0.229 e. The Balaban J connectivity index is 1.27. The van der Waals surface area contributed by atoms with Crippen LogP contribution in [-0.4, -0.2) is 48.3 Å². The summed E-state index contributed by atoms with van der Waals surface area (Å²) in [5.74, 6) is 1.58. The second-order valence-electron chi connectivity index (χ2n) is 10.0. The minimum atomic E-state index is 0.173. The molecule has 0 radical (unpaired) electrons. The number of anilines is 2. The van der Waals surface area contributed by atoms with Crippen LogP contribution in [0.5, 0.6) is 0 Å². The zero-order valence-corrected chi connectivity index (χ0v) is 20.9. The number of carbonyl (C=O) groups is 1. The zero-order chi connectivity index (χ0) is 24.8. The lowest BCUT2D eigenvalue weighted by molar-refractivity contribution is -0.117. The van der Waals surface area contributed by atoms with E-state index < -0.39 is 0 Å². The molecule has 2 aliphatic rings. The van der Waals surface area contributed by atoms with Crippen LogP contribution in [0.25, 0.3) is 16.7 Å². The highest BCUT2D eigenvalue weighted by atomic mass is 16.7. The van der Waals surface area contributed by atoms with E-state index in [1.54, 1.807) is 10.9 Å². The number of hydroxylamine groups is 2. The van der Waals surface area contributed by atoms with E-state index in [2.05, 4.69) is 39.9 Å². The quantitative estimate of drug-likeness (QED) is 0.352. The first-order valence-corrected chi connectivity index (χ1v) is 12.7. The first-order chi connectivity index (χ1) is 17.5. The number of fused-ring (bicyclic) bond motifs is 1. The zero-order valence-electron chi connectivity index (χ0n) is 20.9. The molecule has 186 valence electrons. The van der Waals surface area contributed by atoms with Crippen LogP contribution in [0.2, 0.25) is 0 Å². The van der Waals surface area contributed by atoms with Crippen LogP contribution in [0, 0.1) is 12.8 Å². The molecule has 0 atom stereocenters. The molecular weight excluding hydrogens is 454 g/mol. The van der Waals surface area contributed by atoms with Crippen molar-refractivity contribution in [2.24, 2.45) is 5.92 Å². The van der Waals surface area contributed by atoms with E-state index in [1.807, 2.05) is 42.6 Å². The third-order valence-electron chi connectivity index (χ3n) is 6.91. The van der Waals surface area contributed by atoms with Gasteiger partial charge < -0.3 is 9.88 Å². The number of aromatic nitrogens is 5. The van der Waals surface area contributed by atoms with Gasteiger partial charge in [0.15, 0.2) is 11.6 Å². The molecule has 1 saturated heterocycles. The Morgan fingerprint density at radius 2 is 2.08 bits per heavy atom. The predicted molar refractivity (Wildman–Crippen MR) is 138 cm³/mol. The molecule has 3 aromatic heterocycles. The van der Waals surface area contributed by atoms with E-state index in [1.165, 1.54) is 0 Å². The van der Waals surface area contributed by atoms with Crippen LogP contribution in [-0.2, 0) is 11.4 Å². The number of carbonyl (C=O) groups excluding carboxylic acids is 1. The van der Waals surface area contributed by atoms with Crippen LogP contribution < -0.4 is 5.32 Å². The Morgan fingerprint density at radius 3 is 2.83 bits per heavy atom. The van der Waals surface area contributed by atoms with Gasteiger partial charge in [-0.3, -0.25) is 9.63 Å². The fourth-order valence-corrected chi connectivity index (χ4v) is 4.77. The number of hydrogen-bond acceptors (Lipinski definition) is 7. The average Bonchev–Trinajstić information content (AvgIpc) is 3.27. The average molecular weight is 486 g/mol. The lowest BCUT2D eigenvalue weighted by Gasteiger charge is -2.12. The Labute approximate surface area is 210 Å². The van der Waals surface area contributed by atoms with E-state index in [-0.39, 0.29) is 17.7 Å². The van der Waals surface area contributed by atoms with Crippen molar-refractivity contribution in [2.45, 2.75) is 52.6 Å². The van der Waals surface area contributed by atoms with Gasteiger partial charge in [0.25, 0.3) is 0 Å². The lowest BCUT2D eigenvalue weighted by Crippen LogP contribution is -2.17. The predicted octanol–water partition coefficient (Wildman–Crippen LogP) is 4.98. The maximum absolute atomic E-state index is 13.0. The molecule has 4 aromatic rings. The first kappa shape index (κ1) is 22.9. The van der Waals surface area contributed by atoms with Gasteiger partial charge in [0.2, 0.25) is 5.95 Å². The highest BCUT2D eigenvalue weighted by Gasteiger charge is 2.32. The normalized spacial score (nSPS) is 16.3. The summed E-state index contributed by atoms with van der Waals surface area (Å²) < 4.78 is 3.96. The van der Waals surface area contributed by atoms with E-state index in [0.29, 0.717) is 18.3 Å². The molecular formula is C27H31N7O2. The summed E-state index contributed by atoms with van der Waals surface area (Å²) in [6.45, 7) is 8.69. The van der Waals surface area contributed by atoms with Crippen molar-refractivity contribution in [3.05, 3.63) is 59.7 Å². The number of aryl methyl sites for hydroxylation is 1. The molecule has 1 aliphatic carbocycles. The number of Topliss-reactive ketones (excluding diaryl/α,β-unsaturated/α-hetero) is 1. The van der Waals surface area contributed by atoms with Crippen LogP contribution >= 0.6 is 0 Å². The van der Waals surface area contributed by atoms with Crippen LogP contribution in [0.4, 0.5) is 11.6 Å². The molecule has 1 saturated carbocycles. The van der Waals surface area contributed by atoms with Crippen molar-refractivity contribution in [3.63, 3.8) is 0 Å². The Morgan fingerprint density at radius 1 is 1.22 bits per heavy atom. The lowest BCUT2D eigenvalue weighted by atomic mass is 10.1. The van der Waals surface area contributed by atoms with Gasteiger partial charge in [-0.1, -0.05) is 0 Å². The number of ketones is 1. The van der Waals surface area contributed by atoms with Gasteiger partial charge in [0.05, 0.1) is 18.8 Å². The number of nitrogens with zero attached hydrogens (tertiary/aromatic N) is 6. The van der Waals surface area contributed by atoms with Crippen molar-refractivity contribution in [2.75, 3.05) is 18.5 Å². The highest BCUT2D eigenvalue weighted by molar-refractivity contribution is 6.10. The topological polar surface area (TPSA) is 90.1 Å². The van der Waals surface area contributed by atoms with Crippen molar-refractivity contribution in [1.82, 2.24) is 29.4 Å². The molecule has 6 rings (SSSR count). The van der Waals surface area contributed by atoms with Crippen LogP contribution in [0.3, 0.4) is 0 Å². The monoisotopic (exact) mass is 485 g/mol. The molecule has 0 spiro atoms. The largest absolute Gasteiger partial charge is 0.344 e. The van der Waals surface area contributed by atoms with Gasteiger partial charge in [-0.15, -0.1) is 0 Å². The van der Waals surface area contributed by atoms with Crippen molar-refractivity contribution in [3.8, 4) is 5.82 Å². The molecule has 2 fully saturated rings. The van der Waals surface area contributed by atoms with Gasteiger partial charge in [0.1, 0.15) is 0 Å². The summed E-state index contributed by atoms with van der Waals surface area (Å²) in [6.07, 6.45) is 8.78. The van der Waals surface area contributed by atoms with Crippen molar-refractivity contribution in [1.29, 1.82) is 0 Å². The summed E-state index contributed by atoms with van der Waals surface area (Å²) in [4.78, 5) is 27.7. The molecule has 4 heterocycles. The first-order valence-electron chi connectivity index (χ1n) is 12.7. The number of benzene rings is 1. The molecule has 1 N–H and O–H groups in total. The molecule has 0 amide bonds. The van der Waals surface area contributed by atoms with E-state index in [4.69, 9.17) is 9.82 Å². The standard InChI is InChI=1S/C27H31N7O2/c1-17(2)33-16-23(26(35)19-5-6-19)22-13-21(7-8-24(22)33)29-27-28-10-9-25(30-27)34-15-20(18(3)31-34)14-32-11-4-12-36-32/h7-10,13,15-17,19H,4-6,11-12,14H2,1-3H3,(H,28,29,30). The SMILES string of the molecule is Cc1nn(-c2ccnc(Nc3ccc4c(c3)c(C(=O)C3CC3)cn4C(C)C)n2)cc1CN1CCCO1. The van der Waals surface area contributed by atoms with Gasteiger partial charge >= 0.3 is 0 Å². The van der Waals surface area contributed by atoms with Gasteiger partial charge in [-0.2, -0.15) is 15.1 Å². The molecule has 1 aromatic carbocycles. The second kappa shape index (κ2) is 9.15. The third-order valence-corrected chi connectivity index (χ3v) is 6.91. The molecule has 0 unspecified atom stereocenters. The Bertz CT molecular complexity index is 1430. The molecule has 0 bridgehead atoms. The van der Waals surface area contributed by atoms with E-state index in [9.17, 15) is 4.79 Å². The Kier molecular flexibility index (Phi) is 5.81. The fraction of sp³-hybridized carbons (Fsp3) is 0.407. The van der Waals surface area contributed by atoms with E-state index in [0.717, 1.165) is 65.8 Å². The van der Waals surface area contributed by atoms with Gasteiger partial charge in [-0.05, 0) is 58.2 Å². The highest BCUT2D eigenvalue weighted by Crippen LogP contribution is 2.37. The molecule has 1 aliphatic heterocycles. The number of nitrogens with one attached hydrogen (secondary N) is 1. The van der Waals surface area contributed by atoms with E-state index >= 15 is 0 Å².